The van der Waals surface area contributed by atoms with Crippen LogP contribution in [0.5, 0.6) is 0 Å². The van der Waals surface area contributed by atoms with Gasteiger partial charge in [0.05, 0.1) is 5.41 Å². The van der Waals surface area contributed by atoms with Gasteiger partial charge in [-0.25, -0.2) is 4.79 Å². The van der Waals surface area contributed by atoms with E-state index in [1.165, 1.54) is 0 Å². The van der Waals surface area contributed by atoms with Gasteiger partial charge in [0.1, 0.15) is 0 Å². The third-order valence-corrected chi connectivity index (χ3v) is 4.65. The summed E-state index contributed by atoms with van der Waals surface area (Å²) < 4.78 is 0. The molecule has 0 atom stereocenters. The molecule has 2 aliphatic carbocycles. The summed E-state index contributed by atoms with van der Waals surface area (Å²) in [4.78, 5) is 25.3. The lowest BCUT2D eigenvalue weighted by molar-refractivity contribution is -0.148. The van der Waals surface area contributed by atoms with Crippen LogP contribution < -0.4 is 5.32 Å². The van der Waals surface area contributed by atoms with Gasteiger partial charge in [0.2, 0.25) is 0 Å². The lowest BCUT2D eigenvalue weighted by Crippen LogP contribution is -2.51. The molecule has 2 bridgehead atoms. The van der Waals surface area contributed by atoms with Gasteiger partial charge in [-0.2, -0.15) is 0 Å². The van der Waals surface area contributed by atoms with Crippen LogP contribution in [0.25, 0.3) is 0 Å². The predicted octanol–water partition coefficient (Wildman–Crippen LogP) is 2.16. The predicted molar refractivity (Wildman–Crippen MR) is 76.4 cm³/mol. The highest BCUT2D eigenvalue weighted by molar-refractivity contribution is 5.79. The van der Waals surface area contributed by atoms with Crippen LogP contribution in [0.3, 0.4) is 0 Å². The highest BCUT2D eigenvalue weighted by Crippen LogP contribution is 2.56. The summed E-state index contributed by atoms with van der Waals surface area (Å²) in [6, 6.07) is -0.159. The van der Waals surface area contributed by atoms with Gasteiger partial charge < -0.3 is 15.3 Å². The van der Waals surface area contributed by atoms with Crippen LogP contribution in [0.4, 0.5) is 4.79 Å². The zero-order valence-electron chi connectivity index (χ0n) is 11.7. The number of hydrogen-bond acceptors (Lipinski definition) is 2. The van der Waals surface area contributed by atoms with Crippen molar-refractivity contribution >= 4 is 12.0 Å². The third-order valence-electron chi connectivity index (χ3n) is 4.65. The minimum Gasteiger partial charge on any atom is -0.481 e. The van der Waals surface area contributed by atoms with Gasteiger partial charge in [0.25, 0.3) is 0 Å². The number of urea groups is 1. The number of carbonyl (C=O) groups excluding carboxylic acids is 1. The van der Waals surface area contributed by atoms with Gasteiger partial charge in [-0.3, -0.25) is 4.79 Å². The Morgan fingerprint density at radius 3 is 2.10 bits per heavy atom. The fourth-order valence-corrected chi connectivity index (χ4v) is 3.53. The third kappa shape index (κ3) is 2.44. The molecule has 2 rings (SSSR count). The number of hydrogen-bond donors (Lipinski definition) is 2. The fourth-order valence-electron chi connectivity index (χ4n) is 3.53. The fraction of sp³-hybridized carbons (Fsp3) is 0.600. The molecule has 20 heavy (non-hydrogen) atoms. The molecule has 110 valence electrons. The maximum atomic E-state index is 12.3. The Morgan fingerprint density at radius 2 is 1.70 bits per heavy atom. The topological polar surface area (TPSA) is 69.6 Å². The Kier molecular flexibility index (Phi) is 3.88. The first kappa shape index (κ1) is 14.6. The minimum atomic E-state index is -0.722. The van der Waals surface area contributed by atoms with E-state index in [-0.39, 0.29) is 11.6 Å². The van der Waals surface area contributed by atoms with Crippen LogP contribution in [0.2, 0.25) is 0 Å². The van der Waals surface area contributed by atoms with Crippen molar-refractivity contribution in [2.75, 3.05) is 13.1 Å². The molecule has 0 radical (unpaired) electrons. The van der Waals surface area contributed by atoms with Gasteiger partial charge in [0, 0.05) is 18.6 Å². The Hall–Kier alpha value is -1.78. The molecular formula is C15H22N2O3. The van der Waals surface area contributed by atoms with Crippen molar-refractivity contribution in [3.05, 3.63) is 25.3 Å². The van der Waals surface area contributed by atoms with E-state index in [4.69, 9.17) is 0 Å². The van der Waals surface area contributed by atoms with E-state index in [0.717, 1.165) is 12.8 Å². The number of amides is 2. The summed E-state index contributed by atoms with van der Waals surface area (Å²) in [6.45, 7) is 8.20. The van der Waals surface area contributed by atoms with Gasteiger partial charge in [-0.05, 0) is 32.1 Å². The second kappa shape index (κ2) is 5.31. The SMILES string of the molecule is C=CCN(CC=C)C(=O)NC12CCC(C(=O)O)(CC1)C2. The van der Waals surface area contributed by atoms with E-state index >= 15 is 0 Å². The average molecular weight is 278 g/mol. The lowest BCUT2D eigenvalue weighted by atomic mass is 9.84. The highest BCUT2D eigenvalue weighted by Gasteiger charge is 2.59. The smallest absolute Gasteiger partial charge is 0.318 e. The van der Waals surface area contributed by atoms with Gasteiger partial charge in [-0.1, -0.05) is 12.2 Å². The monoisotopic (exact) mass is 278 g/mol. The van der Waals surface area contributed by atoms with Crippen LogP contribution in [0.15, 0.2) is 25.3 Å². The maximum Gasteiger partial charge on any atom is 0.318 e. The molecule has 2 saturated carbocycles. The number of carboxylic acid groups (broad SMARTS) is 1. The van der Waals surface area contributed by atoms with Crippen LogP contribution >= 0.6 is 0 Å². The van der Waals surface area contributed by atoms with E-state index in [2.05, 4.69) is 18.5 Å². The van der Waals surface area contributed by atoms with Crippen molar-refractivity contribution in [1.82, 2.24) is 10.2 Å². The molecular weight excluding hydrogens is 256 g/mol. The molecule has 2 fully saturated rings. The van der Waals surface area contributed by atoms with E-state index < -0.39 is 11.4 Å². The average Bonchev–Trinajstić information content (AvgIpc) is 2.95. The zero-order valence-corrected chi connectivity index (χ0v) is 11.7. The number of rotatable bonds is 6. The van der Waals surface area contributed by atoms with Crippen molar-refractivity contribution in [3.63, 3.8) is 0 Å². The zero-order chi connectivity index (χ0) is 14.8. The second-order valence-electron chi connectivity index (χ2n) is 5.96. The molecule has 0 aliphatic heterocycles. The largest absolute Gasteiger partial charge is 0.481 e. The summed E-state index contributed by atoms with van der Waals surface area (Å²) in [5.74, 6) is -0.722. The highest BCUT2D eigenvalue weighted by atomic mass is 16.4. The quantitative estimate of drug-likeness (QED) is 0.731. The van der Waals surface area contributed by atoms with Gasteiger partial charge in [-0.15, -0.1) is 13.2 Å². The Balaban J connectivity index is 2.03. The van der Waals surface area contributed by atoms with Crippen LogP contribution in [0.1, 0.15) is 32.1 Å². The number of fused-ring (bicyclic) bond motifs is 2. The molecule has 0 saturated heterocycles. The molecule has 0 aromatic rings. The molecule has 5 nitrogen and oxygen atoms in total. The first-order chi connectivity index (χ1) is 9.47. The van der Waals surface area contributed by atoms with Crippen molar-refractivity contribution in [2.24, 2.45) is 5.41 Å². The molecule has 2 amide bonds. The number of nitrogens with one attached hydrogen (secondary N) is 1. The molecule has 2 aliphatic rings. The summed E-state index contributed by atoms with van der Waals surface area (Å²) >= 11 is 0. The van der Waals surface area contributed by atoms with Crippen molar-refractivity contribution < 1.29 is 14.7 Å². The van der Waals surface area contributed by atoms with Crippen molar-refractivity contribution in [2.45, 2.75) is 37.6 Å². The molecule has 0 heterocycles. The molecule has 2 N–H and O–H groups in total. The van der Waals surface area contributed by atoms with Crippen LogP contribution in [-0.2, 0) is 4.79 Å². The number of aliphatic carboxylic acids is 1. The van der Waals surface area contributed by atoms with Gasteiger partial charge in [0.15, 0.2) is 0 Å². The van der Waals surface area contributed by atoms with Crippen LogP contribution in [-0.4, -0.2) is 40.6 Å². The molecule has 0 unspecified atom stereocenters. The van der Waals surface area contributed by atoms with Crippen molar-refractivity contribution in [1.29, 1.82) is 0 Å². The van der Waals surface area contributed by atoms with E-state index in [9.17, 15) is 14.7 Å². The Bertz CT molecular complexity index is 426. The van der Waals surface area contributed by atoms with E-state index in [1.807, 2.05) is 0 Å². The number of carbonyl (C=O) groups is 2. The van der Waals surface area contributed by atoms with Crippen LogP contribution in [0, 0.1) is 5.41 Å². The molecule has 0 spiro atoms. The Labute approximate surface area is 119 Å². The Morgan fingerprint density at radius 1 is 1.15 bits per heavy atom. The standard InChI is InChI=1S/C15H22N2O3/c1-3-9-17(10-4-2)13(20)16-15-7-5-14(11-15,6-8-15)12(18)19/h3-4H,1-2,5-11H2,(H,16,20)(H,18,19). The minimum absolute atomic E-state index is 0.159. The first-order valence-electron chi connectivity index (χ1n) is 6.99. The van der Waals surface area contributed by atoms with E-state index in [1.54, 1.807) is 17.1 Å². The molecule has 0 aromatic heterocycles. The lowest BCUT2D eigenvalue weighted by Gasteiger charge is -2.31. The summed E-state index contributed by atoms with van der Waals surface area (Å²) in [7, 11) is 0. The van der Waals surface area contributed by atoms with Crippen molar-refractivity contribution in [3.8, 4) is 0 Å². The number of nitrogens with zero attached hydrogens (tertiary/aromatic N) is 1. The molecule has 0 aromatic carbocycles. The summed E-state index contributed by atoms with van der Waals surface area (Å²) in [5.41, 5.74) is -0.953. The van der Waals surface area contributed by atoms with Gasteiger partial charge >= 0.3 is 12.0 Å². The maximum absolute atomic E-state index is 12.3. The summed E-state index contributed by atoms with van der Waals surface area (Å²) in [6.07, 6.45) is 6.72. The van der Waals surface area contributed by atoms with E-state index in [0.29, 0.717) is 32.4 Å². The second-order valence-corrected chi connectivity index (χ2v) is 5.96. The number of carboxylic acids is 1. The first-order valence-corrected chi connectivity index (χ1v) is 6.99. The summed E-state index contributed by atoms with van der Waals surface area (Å²) in [5, 5.41) is 12.4. The molecule has 5 heteroatoms. The normalized spacial score (nSPS) is 30.8.